The van der Waals surface area contributed by atoms with Crippen molar-refractivity contribution in [3.63, 3.8) is 0 Å². The van der Waals surface area contributed by atoms with E-state index < -0.39 is 44.5 Å². The van der Waals surface area contributed by atoms with Gasteiger partial charge < -0.3 is 4.74 Å². The largest absolute Gasteiger partial charge is 0.468 e. The van der Waals surface area contributed by atoms with Crippen LogP contribution in [0.1, 0.15) is 13.8 Å². The second-order valence-corrected chi connectivity index (χ2v) is 6.12. The molecule has 0 heterocycles. The predicted octanol–water partition coefficient (Wildman–Crippen LogP) is 1.44. The van der Waals surface area contributed by atoms with E-state index in [0.717, 1.165) is 13.2 Å². The zero-order valence-electron chi connectivity index (χ0n) is 11.2. The van der Waals surface area contributed by atoms with Crippen molar-refractivity contribution in [1.82, 2.24) is 4.72 Å². The topological polar surface area (TPSA) is 72.5 Å². The van der Waals surface area contributed by atoms with Crippen LogP contribution in [0.2, 0.25) is 0 Å². The van der Waals surface area contributed by atoms with E-state index in [1.165, 1.54) is 0 Å². The number of ether oxygens (including phenoxy) is 1. The fraction of sp³-hybridized carbons (Fsp3) is 0.417. The van der Waals surface area contributed by atoms with Gasteiger partial charge in [-0.25, -0.2) is 17.2 Å². The minimum Gasteiger partial charge on any atom is -0.468 e. The Morgan fingerprint density at radius 1 is 1.30 bits per heavy atom. The van der Waals surface area contributed by atoms with Crippen LogP contribution >= 0.6 is 0 Å². The smallest absolute Gasteiger partial charge is 0.324 e. The van der Waals surface area contributed by atoms with E-state index in [1.54, 1.807) is 13.8 Å². The third-order valence-corrected chi connectivity index (χ3v) is 4.04. The number of hydrogen-bond donors (Lipinski definition) is 1. The molecule has 112 valence electrons. The lowest BCUT2D eigenvalue weighted by Crippen LogP contribution is -2.45. The molecule has 5 nitrogen and oxygen atoms in total. The molecule has 0 aliphatic carbocycles. The summed E-state index contributed by atoms with van der Waals surface area (Å²) in [6, 6.07) is 0.862. The van der Waals surface area contributed by atoms with E-state index in [-0.39, 0.29) is 0 Å². The van der Waals surface area contributed by atoms with Crippen molar-refractivity contribution in [3.8, 4) is 0 Å². The van der Waals surface area contributed by atoms with Crippen LogP contribution in [0.15, 0.2) is 23.1 Å². The average Bonchev–Trinajstić information content (AvgIpc) is 2.37. The third kappa shape index (κ3) is 3.73. The Bertz CT molecular complexity index is 601. The van der Waals surface area contributed by atoms with Crippen molar-refractivity contribution in [2.75, 3.05) is 7.11 Å². The van der Waals surface area contributed by atoms with Gasteiger partial charge >= 0.3 is 5.97 Å². The number of carbonyl (C=O) groups is 1. The second kappa shape index (κ2) is 6.27. The SMILES string of the molecule is COC(=O)C(NS(=O)(=O)c1cc(F)ccc1F)C(C)C. The number of methoxy groups -OCH3 is 1. The maximum atomic E-state index is 13.5. The number of rotatable bonds is 5. The first-order chi connectivity index (χ1) is 9.19. The van der Waals surface area contributed by atoms with Crippen LogP contribution in [0.5, 0.6) is 0 Å². The molecule has 0 bridgehead atoms. The molecule has 0 saturated carbocycles. The van der Waals surface area contributed by atoms with Gasteiger partial charge in [-0.1, -0.05) is 13.8 Å². The first kappa shape index (κ1) is 16.5. The monoisotopic (exact) mass is 307 g/mol. The summed E-state index contributed by atoms with van der Waals surface area (Å²) in [5.41, 5.74) is 0. The number of nitrogens with one attached hydrogen (secondary N) is 1. The minimum atomic E-state index is -4.38. The molecule has 1 N–H and O–H groups in total. The summed E-state index contributed by atoms with van der Waals surface area (Å²) in [6.07, 6.45) is 0. The van der Waals surface area contributed by atoms with Gasteiger partial charge in [0.1, 0.15) is 22.6 Å². The minimum absolute atomic E-state index is 0.422. The highest BCUT2D eigenvalue weighted by Gasteiger charge is 2.30. The molecule has 0 aliphatic heterocycles. The molecule has 0 fully saturated rings. The second-order valence-electron chi connectivity index (χ2n) is 4.44. The van der Waals surface area contributed by atoms with E-state index in [9.17, 15) is 22.0 Å². The molecular weight excluding hydrogens is 292 g/mol. The maximum Gasteiger partial charge on any atom is 0.324 e. The third-order valence-electron chi connectivity index (χ3n) is 2.59. The maximum absolute atomic E-state index is 13.5. The quantitative estimate of drug-likeness (QED) is 0.836. The zero-order chi connectivity index (χ0) is 15.5. The lowest BCUT2D eigenvalue weighted by molar-refractivity contribution is -0.143. The van der Waals surface area contributed by atoms with Crippen LogP contribution in [0.4, 0.5) is 8.78 Å². The normalized spacial score (nSPS) is 13.3. The molecule has 8 heteroatoms. The van der Waals surface area contributed by atoms with Crippen molar-refractivity contribution >= 4 is 16.0 Å². The Balaban J connectivity index is 3.16. The van der Waals surface area contributed by atoms with Gasteiger partial charge in [0.05, 0.1) is 7.11 Å². The molecule has 20 heavy (non-hydrogen) atoms. The van der Waals surface area contributed by atoms with Gasteiger partial charge in [0.2, 0.25) is 10.0 Å². The molecule has 0 saturated heterocycles. The summed E-state index contributed by atoms with van der Waals surface area (Å²) in [5, 5.41) is 0. The number of esters is 1. The van der Waals surface area contributed by atoms with Crippen LogP contribution < -0.4 is 4.72 Å². The van der Waals surface area contributed by atoms with Gasteiger partial charge in [-0.2, -0.15) is 4.72 Å². The van der Waals surface area contributed by atoms with Crippen LogP contribution in [-0.2, 0) is 19.6 Å². The highest BCUT2D eigenvalue weighted by molar-refractivity contribution is 7.89. The van der Waals surface area contributed by atoms with Crippen molar-refractivity contribution in [2.45, 2.75) is 24.8 Å². The van der Waals surface area contributed by atoms with Gasteiger partial charge in [0.15, 0.2) is 0 Å². The molecule has 0 aliphatic rings. The number of carbonyl (C=O) groups excluding carboxylic acids is 1. The average molecular weight is 307 g/mol. The van der Waals surface area contributed by atoms with Crippen molar-refractivity contribution in [3.05, 3.63) is 29.8 Å². The van der Waals surface area contributed by atoms with Gasteiger partial charge in [0, 0.05) is 0 Å². The number of halogens is 2. The molecule has 0 spiro atoms. The van der Waals surface area contributed by atoms with E-state index >= 15 is 0 Å². The molecular formula is C12H15F2NO4S. The van der Waals surface area contributed by atoms with E-state index in [4.69, 9.17) is 0 Å². The first-order valence-electron chi connectivity index (χ1n) is 5.74. The van der Waals surface area contributed by atoms with Gasteiger partial charge in [0.25, 0.3) is 0 Å². The summed E-state index contributed by atoms with van der Waals surface area (Å²) >= 11 is 0. The summed E-state index contributed by atoms with van der Waals surface area (Å²) in [5.74, 6) is -3.23. The fourth-order valence-corrected chi connectivity index (χ4v) is 2.92. The number of sulfonamides is 1. The van der Waals surface area contributed by atoms with Gasteiger partial charge in [-0.15, -0.1) is 0 Å². The van der Waals surface area contributed by atoms with Crippen LogP contribution in [-0.4, -0.2) is 27.5 Å². The van der Waals surface area contributed by atoms with E-state index in [0.29, 0.717) is 12.1 Å². The molecule has 1 atom stereocenters. The summed E-state index contributed by atoms with van der Waals surface area (Å²) < 4.78 is 57.1. The number of hydrogen-bond acceptors (Lipinski definition) is 4. The summed E-state index contributed by atoms with van der Waals surface area (Å²) in [4.78, 5) is 10.6. The van der Waals surface area contributed by atoms with E-state index in [2.05, 4.69) is 4.74 Å². The van der Waals surface area contributed by atoms with Crippen LogP contribution in [0.25, 0.3) is 0 Å². The molecule has 0 radical (unpaired) electrons. The Labute approximate surface area is 116 Å². The number of benzene rings is 1. The molecule has 1 aromatic rings. The Morgan fingerprint density at radius 2 is 1.90 bits per heavy atom. The van der Waals surface area contributed by atoms with Gasteiger partial charge in [-0.05, 0) is 24.1 Å². The summed E-state index contributed by atoms with van der Waals surface area (Å²) in [6.45, 7) is 3.18. The van der Waals surface area contributed by atoms with E-state index in [1.807, 2.05) is 4.72 Å². The molecule has 1 rings (SSSR count). The van der Waals surface area contributed by atoms with Gasteiger partial charge in [-0.3, -0.25) is 4.79 Å². The van der Waals surface area contributed by atoms with Crippen LogP contribution in [0, 0.1) is 17.6 Å². The molecule has 1 unspecified atom stereocenters. The molecule has 0 amide bonds. The Morgan fingerprint density at radius 3 is 2.40 bits per heavy atom. The molecule has 0 aromatic heterocycles. The predicted molar refractivity (Wildman–Crippen MR) is 67.3 cm³/mol. The van der Waals surface area contributed by atoms with Crippen molar-refractivity contribution in [2.24, 2.45) is 5.92 Å². The fourth-order valence-electron chi connectivity index (χ4n) is 1.50. The standard InChI is InChI=1S/C12H15F2NO4S/c1-7(2)11(12(16)19-3)15-20(17,18)10-6-8(13)4-5-9(10)14/h4-7,11,15H,1-3H3. The van der Waals surface area contributed by atoms with Crippen molar-refractivity contribution < 1.29 is 26.7 Å². The Hall–Kier alpha value is -1.54. The highest BCUT2D eigenvalue weighted by atomic mass is 32.2. The molecule has 1 aromatic carbocycles. The Kier molecular flexibility index (Phi) is 5.18. The first-order valence-corrected chi connectivity index (χ1v) is 7.22. The van der Waals surface area contributed by atoms with Crippen molar-refractivity contribution in [1.29, 1.82) is 0 Å². The lowest BCUT2D eigenvalue weighted by Gasteiger charge is -2.19. The lowest BCUT2D eigenvalue weighted by atomic mass is 10.1. The zero-order valence-corrected chi connectivity index (χ0v) is 12.0. The summed E-state index contributed by atoms with van der Waals surface area (Å²) in [7, 11) is -3.27. The van der Waals surface area contributed by atoms with Crippen LogP contribution in [0.3, 0.4) is 0 Å². The highest BCUT2D eigenvalue weighted by Crippen LogP contribution is 2.17.